The second kappa shape index (κ2) is 6.95. The Morgan fingerprint density at radius 1 is 1.07 bits per heavy atom. The predicted octanol–water partition coefficient (Wildman–Crippen LogP) is 3.70. The Kier molecular flexibility index (Phi) is 4.28. The van der Waals surface area contributed by atoms with Crippen molar-refractivity contribution in [1.29, 1.82) is 0 Å². The van der Waals surface area contributed by atoms with Crippen molar-refractivity contribution in [2.24, 2.45) is 5.92 Å². The molecule has 0 spiro atoms. The van der Waals surface area contributed by atoms with Gasteiger partial charge in [-0.15, -0.1) is 0 Å². The molecule has 2 fully saturated rings. The first-order valence-corrected chi connectivity index (χ1v) is 9.90. The van der Waals surface area contributed by atoms with Gasteiger partial charge in [0.05, 0.1) is 0 Å². The van der Waals surface area contributed by atoms with Crippen LogP contribution in [0.15, 0.2) is 53.2 Å². The molecule has 2 aromatic carbocycles. The van der Waals surface area contributed by atoms with Crippen LogP contribution in [0.5, 0.6) is 0 Å². The number of piperidine rings is 1. The smallest absolute Gasteiger partial charge is 0.196 e. The van der Waals surface area contributed by atoms with E-state index in [4.69, 9.17) is 10.4 Å². The average molecular weight is 375 g/mol. The highest BCUT2D eigenvalue weighted by atomic mass is 16.6. The Hall–Kier alpha value is -2.86. The molecule has 1 saturated carbocycles. The van der Waals surface area contributed by atoms with Crippen LogP contribution in [-0.4, -0.2) is 33.8 Å². The molecule has 0 amide bonds. The number of hydrogen-bond acceptors (Lipinski definition) is 6. The summed E-state index contributed by atoms with van der Waals surface area (Å²) in [5.41, 5.74) is 11.1. The van der Waals surface area contributed by atoms with E-state index in [0.717, 1.165) is 23.7 Å². The van der Waals surface area contributed by atoms with Gasteiger partial charge in [-0.3, -0.25) is 4.90 Å². The van der Waals surface area contributed by atoms with Gasteiger partial charge in [-0.1, -0.05) is 42.0 Å². The van der Waals surface area contributed by atoms with E-state index in [9.17, 15) is 0 Å². The summed E-state index contributed by atoms with van der Waals surface area (Å²) in [5.74, 6) is 1.12. The highest BCUT2D eigenvalue weighted by Gasteiger charge is 2.44. The summed E-state index contributed by atoms with van der Waals surface area (Å²) in [4.78, 5) is 2.65. The summed E-state index contributed by atoms with van der Waals surface area (Å²) in [6.45, 7) is 4.39. The fourth-order valence-corrected chi connectivity index (χ4v) is 4.74. The Morgan fingerprint density at radius 2 is 1.86 bits per heavy atom. The van der Waals surface area contributed by atoms with Crippen LogP contribution >= 0.6 is 0 Å². The molecule has 144 valence electrons. The Morgan fingerprint density at radius 3 is 2.54 bits per heavy atom. The van der Waals surface area contributed by atoms with Crippen molar-refractivity contribution in [3.05, 3.63) is 59.7 Å². The van der Waals surface area contributed by atoms with Gasteiger partial charge in [0.2, 0.25) is 0 Å². The zero-order valence-corrected chi connectivity index (χ0v) is 16.0. The number of nitrogens with one attached hydrogen (secondary N) is 1. The van der Waals surface area contributed by atoms with Crippen LogP contribution < -0.4 is 11.1 Å². The third kappa shape index (κ3) is 3.24. The molecule has 6 nitrogen and oxygen atoms in total. The number of aromatic nitrogens is 2. The molecule has 1 aliphatic carbocycles. The fraction of sp³-hybridized carbons (Fsp3) is 0.364. The van der Waals surface area contributed by atoms with Gasteiger partial charge in [0.15, 0.2) is 11.5 Å². The van der Waals surface area contributed by atoms with Crippen molar-refractivity contribution >= 4 is 11.5 Å². The van der Waals surface area contributed by atoms with E-state index in [2.05, 4.69) is 63.9 Å². The van der Waals surface area contributed by atoms with E-state index >= 15 is 0 Å². The quantitative estimate of drug-likeness (QED) is 0.708. The summed E-state index contributed by atoms with van der Waals surface area (Å²) in [6.07, 6.45) is 2.54. The number of rotatable bonds is 5. The predicted molar refractivity (Wildman–Crippen MR) is 110 cm³/mol. The minimum Gasteiger partial charge on any atom is -0.381 e. The number of nitrogens with zero attached hydrogens (tertiary/aromatic N) is 3. The molecule has 2 heterocycles. The summed E-state index contributed by atoms with van der Waals surface area (Å²) in [6, 6.07) is 18.2. The lowest BCUT2D eigenvalue weighted by atomic mass is 10.0. The van der Waals surface area contributed by atoms with Gasteiger partial charge < -0.3 is 11.1 Å². The highest BCUT2D eigenvalue weighted by molar-refractivity contribution is 5.70. The van der Waals surface area contributed by atoms with E-state index in [1.54, 1.807) is 0 Å². The number of anilines is 2. The van der Waals surface area contributed by atoms with Crippen molar-refractivity contribution in [3.8, 4) is 11.3 Å². The van der Waals surface area contributed by atoms with Crippen molar-refractivity contribution in [2.45, 2.75) is 38.4 Å². The van der Waals surface area contributed by atoms with Crippen LogP contribution in [-0.2, 0) is 6.54 Å². The van der Waals surface area contributed by atoms with Crippen molar-refractivity contribution in [1.82, 2.24) is 15.2 Å². The maximum Gasteiger partial charge on any atom is 0.196 e. The molecular formula is C22H25N5O. The first-order valence-electron chi connectivity index (χ1n) is 9.90. The molecular weight excluding hydrogens is 350 g/mol. The molecule has 3 unspecified atom stereocenters. The summed E-state index contributed by atoms with van der Waals surface area (Å²) in [7, 11) is 0. The molecule has 2 bridgehead atoms. The number of nitrogens with two attached hydrogens (primary N) is 1. The van der Waals surface area contributed by atoms with Crippen LogP contribution in [0.25, 0.3) is 11.3 Å². The Bertz CT molecular complexity index is 950. The first kappa shape index (κ1) is 17.3. The maximum atomic E-state index is 5.78. The molecule has 1 saturated heterocycles. The zero-order chi connectivity index (χ0) is 19.1. The van der Waals surface area contributed by atoms with Gasteiger partial charge in [-0.25, -0.2) is 4.63 Å². The molecule has 3 atom stereocenters. The van der Waals surface area contributed by atoms with Crippen LogP contribution in [0, 0.1) is 12.8 Å². The van der Waals surface area contributed by atoms with Gasteiger partial charge >= 0.3 is 0 Å². The van der Waals surface area contributed by atoms with Crippen molar-refractivity contribution in [2.75, 3.05) is 17.6 Å². The van der Waals surface area contributed by atoms with Gasteiger partial charge in [-0.05, 0) is 53.7 Å². The number of likely N-dealkylation sites (tertiary alicyclic amines) is 1. The second-order valence-corrected chi connectivity index (χ2v) is 8.15. The molecule has 2 aliphatic rings. The molecule has 6 heteroatoms. The molecule has 1 aromatic heterocycles. The number of aryl methyl sites for hydroxylation is 1. The topological polar surface area (TPSA) is 80.2 Å². The van der Waals surface area contributed by atoms with Crippen LogP contribution in [0.4, 0.5) is 11.5 Å². The van der Waals surface area contributed by atoms with Crippen LogP contribution in [0.3, 0.4) is 0 Å². The van der Waals surface area contributed by atoms with Crippen molar-refractivity contribution < 1.29 is 4.63 Å². The highest BCUT2D eigenvalue weighted by Crippen LogP contribution is 2.40. The number of nitrogen functional groups attached to an aromatic ring is 1. The molecule has 0 radical (unpaired) electrons. The third-order valence-electron chi connectivity index (χ3n) is 6.12. The number of fused-ring (bicyclic) bond motifs is 2. The monoisotopic (exact) mass is 375 g/mol. The molecule has 3 aromatic rings. The van der Waals surface area contributed by atoms with Crippen LogP contribution in [0.2, 0.25) is 0 Å². The van der Waals surface area contributed by atoms with Gasteiger partial charge in [-0.2, -0.15) is 0 Å². The van der Waals surface area contributed by atoms with E-state index in [1.807, 2.05) is 12.1 Å². The summed E-state index contributed by atoms with van der Waals surface area (Å²) >= 11 is 0. The van der Waals surface area contributed by atoms with Crippen molar-refractivity contribution in [3.63, 3.8) is 0 Å². The van der Waals surface area contributed by atoms with Gasteiger partial charge in [0.1, 0.15) is 0 Å². The number of hydrogen-bond donors (Lipinski definition) is 2. The Labute approximate surface area is 164 Å². The zero-order valence-electron chi connectivity index (χ0n) is 16.0. The van der Waals surface area contributed by atoms with Gasteiger partial charge in [0, 0.05) is 36.4 Å². The maximum absolute atomic E-state index is 5.78. The second-order valence-electron chi connectivity index (χ2n) is 8.15. The minimum atomic E-state index is 0.320. The van der Waals surface area contributed by atoms with E-state index in [-0.39, 0.29) is 0 Å². The molecule has 1 aliphatic heterocycles. The van der Waals surface area contributed by atoms with E-state index in [0.29, 0.717) is 23.6 Å². The number of benzene rings is 2. The largest absolute Gasteiger partial charge is 0.381 e. The van der Waals surface area contributed by atoms with Gasteiger partial charge in [0.25, 0.3) is 0 Å². The first-order chi connectivity index (χ1) is 13.7. The summed E-state index contributed by atoms with van der Waals surface area (Å²) < 4.78 is 4.69. The molecule has 5 rings (SSSR count). The fourth-order valence-electron chi connectivity index (χ4n) is 4.74. The molecule has 3 N–H and O–H groups in total. The normalized spacial score (nSPS) is 24.0. The standard InChI is InChI=1S/C22H25N5O/c1-14-2-4-15(5-3-14)12-27-13-16-10-19(20(27)11-16)24-18-8-6-17(7-9-18)21-22(23)26-28-25-21/h2-9,16,19-20,24H,10-13H2,1H3,(H2,23,26). The minimum absolute atomic E-state index is 0.320. The Balaban J connectivity index is 1.26. The summed E-state index contributed by atoms with van der Waals surface area (Å²) in [5, 5.41) is 11.3. The SMILES string of the molecule is Cc1ccc(CN2CC3CC(Nc4ccc(-c5nonc5N)cc4)C2C3)cc1. The van der Waals surface area contributed by atoms with E-state index < -0.39 is 0 Å². The third-order valence-corrected chi connectivity index (χ3v) is 6.12. The lowest BCUT2D eigenvalue weighted by molar-refractivity contribution is 0.192. The molecule has 28 heavy (non-hydrogen) atoms. The average Bonchev–Trinajstić information content (AvgIpc) is 3.40. The lowest BCUT2D eigenvalue weighted by Gasteiger charge is -2.34. The van der Waals surface area contributed by atoms with Crippen LogP contribution in [0.1, 0.15) is 24.0 Å². The van der Waals surface area contributed by atoms with E-state index in [1.165, 1.54) is 30.5 Å². The lowest BCUT2D eigenvalue weighted by Crippen LogP contribution is -2.44.